The maximum atomic E-state index is 11.6. The van der Waals surface area contributed by atoms with Gasteiger partial charge < -0.3 is 5.32 Å². The minimum absolute atomic E-state index is 0.161. The first-order valence-corrected chi connectivity index (χ1v) is 6.91. The van der Waals surface area contributed by atoms with Crippen LogP contribution in [0, 0.1) is 0 Å². The number of nitrogens with one attached hydrogen (secondary N) is 1. The van der Waals surface area contributed by atoms with E-state index < -0.39 is 0 Å². The zero-order chi connectivity index (χ0) is 11.8. The summed E-state index contributed by atoms with van der Waals surface area (Å²) < 4.78 is 0. The highest BCUT2D eigenvalue weighted by Gasteiger charge is 2.05. The number of halogens is 1. The monoisotopic (exact) mass is 258 g/mol. The van der Waals surface area contributed by atoms with Crippen LogP contribution in [-0.4, -0.2) is 29.4 Å². The van der Waals surface area contributed by atoms with Gasteiger partial charge in [-0.2, -0.15) is 11.8 Å². The first-order chi connectivity index (χ1) is 7.74. The maximum Gasteiger partial charge on any atom is 0.269 e. The van der Waals surface area contributed by atoms with Gasteiger partial charge in [0, 0.05) is 6.54 Å². The Balaban J connectivity index is 2.30. The molecule has 0 aliphatic rings. The molecule has 3 nitrogen and oxygen atoms in total. The molecule has 0 atom stereocenters. The van der Waals surface area contributed by atoms with Crippen LogP contribution in [0.5, 0.6) is 0 Å². The van der Waals surface area contributed by atoms with Crippen LogP contribution < -0.4 is 5.32 Å². The Hall–Kier alpha value is -0.740. The van der Waals surface area contributed by atoms with Crippen LogP contribution in [0.4, 0.5) is 0 Å². The van der Waals surface area contributed by atoms with E-state index in [2.05, 4.69) is 16.6 Å². The fraction of sp³-hybridized carbons (Fsp3) is 0.455. The van der Waals surface area contributed by atoms with Crippen molar-refractivity contribution < 1.29 is 4.79 Å². The largest absolute Gasteiger partial charge is 0.351 e. The SMILES string of the molecule is CSCCCCNC(=O)c1cccc(Cl)n1. The van der Waals surface area contributed by atoms with Gasteiger partial charge in [-0.3, -0.25) is 4.79 Å². The zero-order valence-electron chi connectivity index (χ0n) is 9.20. The second kappa shape index (κ2) is 7.52. The predicted molar refractivity (Wildman–Crippen MR) is 69.2 cm³/mol. The molecule has 1 rings (SSSR count). The lowest BCUT2D eigenvalue weighted by molar-refractivity contribution is 0.0948. The molecule has 0 radical (unpaired) electrons. The number of nitrogens with zero attached hydrogens (tertiary/aromatic N) is 1. The normalized spacial score (nSPS) is 10.1. The summed E-state index contributed by atoms with van der Waals surface area (Å²) in [6, 6.07) is 5.03. The van der Waals surface area contributed by atoms with Crippen LogP contribution in [0.1, 0.15) is 23.3 Å². The highest BCUT2D eigenvalue weighted by molar-refractivity contribution is 7.98. The van der Waals surface area contributed by atoms with Crippen molar-refractivity contribution in [3.05, 3.63) is 29.0 Å². The Kier molecular flexibility index (Phi) is 6.26. The van der Waals surface area contributed by atoms with E-state index in [1.807, 2.05) is 11.8 Å². The van der Waals surface area contributed by atoms with E-state index >= 15 is 0 Å². The number of carbonyl (C=O) groups excluding carboxylic acids is 1. The van der Waals surface area contributed by atoms with Gasteiger partial charge in [0.15, 0.2) is 0 Å². The van der Waals surface area contributed by atoms with Crippen molar-refractivity contribution in [2.75, 3.05) is 18.6 Å². The summed E-state index contributed by atoms with van der Waals surface area (Å²) >= 11 is 7.51. The molecule has 0 saturated carbocycles. The summed E-state index contributed by atoms with van der Waals surface area (Å²) in [5, 5.41) is 3.16. The molecule has 0 aliphatic carbocycles. The molecular formula is C11H15ClN2OS. The number of pyridine rings is 1. The molecule has 1 amide bonds. The molecule has 0 aromatic carbocycles. The summed E-state index contributed by atoms with van der Waals surface area (Å²) in [5.74, 6) is 0.970. The van der Waals surface area contributed by atoms with Crippen molar-refractivity contribution in [1.29, 1.82) is 0 Å². The molecule has 1 heterocycles. The fourth-order valence-electron chi connectivity index (χ4n) is 1.20. The third-order valence-electron chi connectivity index (χ3n) is 2.01. The van der Waals surface area contributed by atoms with Crippen LogP contribution in [-0.2, 0) is 0 Å². The van der Waals surface area contributed by atoms with E-state index in [-0.39, 0.29) is 5.91 Å². The van der Waals surface area contributed by atoms with E-state index in [4.69, 9.17) is 11.6 Å². The first-order valence-electron chi connectivity index (χ1n) is 5.13. The number of hydrogen-bond donors (Lipinski definition) is 1. The van der Waals surface area contributed by atoms with E-state index in [1.54, 1.807) is 18.2 Å². The van der Waals surface area contributed by atoms with Crippen molar-refractivity contribution in [2.45, 2.75) is 12.8 Å². The third-order valence-corrected chi connectivity index (χ3v) is 2.92. The standard InChI is InChI=1S/C11H15ClN2OS/c1-16-8-3-2-7-13-11(15)9-5-4-6-10(12)14-9/h4-6H,2-3,7-8H2,1H3,(H,13,15). The molecular weight excluding hydrogens is 244 g/mol. The second-order valence-electron chi connectivity index (χ2n) is 3.30. The first kappa shape index (κ1) is 13.3. The van der Waals surface area contributed by atoms with Crippen molar-refractivity contribution in [1.82, 2.24) is 10.3 Å². The van der Waals surface area contributed by atoms with Gasteiger partial charge in [-0.25, -0.2) is 4.98 Å². The lowest BCUT2D eigenvalue weighted by Gasteiger charge is -2.04. The van der Waals surface area contributed by atoms with Crippen LogP contribution in [0.25, 0.3) is 0 Å². The van der Waals surface area contributed by atoms with Gasteiger partial charge in [0.25, 0.3) is 5.91 Å². The van der Waals surface area contributed by atoms with Gasteiger partial charge in [0.2, 0.25) is 0 Å². The second-order valence-corrected chi connectivity index (χ2v) is 4.67. The fourth-order valence-corrected chi connectivity index (χ4v) is 1.86. The Labute approximate surface area is 105 Å². The van der Waals surface area contributed by atoms with Gasteiger partial charge in [-0.1, -0.05) is 17.7 Å². The number of thioether (sulfide) groups is 1. The summed E-state index contributed by atoms with van der Waals surface area (Å²) in [7, 11) is 0. The van der Waals surface area contributed by atoms with E-state index in [9.17, 15) is 4.79 Å². The summed E-state index contributed by atoms with van der Waals surface area (Å²) in [6.07, 6.45) is 4.19. The van der Waals surface area contributed by atoms with Gasteiger partial charge >= 0.3 is 0 Å². The predicted octanol–water partition coefficient (Wildman–Crippen LogP) is 2.61. The van der Waals surface area contributed by atoms with Gasteiger partial charge in [0.1, 0.15) is 10.8 Å². The number of amides is 1. The van der Waals surface area contributed by atoms with Crippen molar-refractivity contribution >= 4 is 29.3 Å². The van der Waals surface area contributed by atoms with Crippen molar-refractivity contribution in [3.8, 4) is 0 Å². The van der Waals surface area contributed by atoms with Crippen LogP contribution >= 0.6 is 23.4 Å². The van der Waals surface area contributed by atoms with Crippen LogP contribution in [0.2, 0.25) is 5.15 Å². The topological polar surface area (TPSA) is 42.0 Å². The number of rotatable bonds is 6. The molecule has 1 N–H and O–H groups in total. The Bertz CT molecular complexity index is 347. The average Bonchev–Trinajstić information content (AvgIpc) is 2.28. The van der Waals surface area contributed by atoms with Gasteiger partial charge in [-0.05, 0) is 37.0 Å². The molecule has 0 saturated heterocycles. The molecule has 0 unspecified atom stereocenters. The number of hydrogen-bond acceptors (Lipinski definition) is 3. The average molecular weight is 259 g/mol. The van der Waals surface area contributed by atoms with Crippen LogP contribution in [0.3, 0.4) is 0 Å². The smallest absolute Gasteiger partial charge is 0.269 e. The van der Waals surface area contributed by atoms with Gasteiger partial charge in [-0.15, -0.1) is 0 Å². The minimum Gasteiger partial charge on any atom is -0.351 e. The number of carbonyl (C=O) groups is 1. The van der Waals surface area contributed by atoms with E-state index in [0.29, 0.717) is 17.4 Å². The highest BCUT2D eigenvalue weighted by atomic mass is 35.5. The molecule has 0 aliphatic heterocycles. The summed E-state index contributed by atoms with van der Waals surface area (Å²) in [6.45, 7) is 0.688. The Morgan fingerprint density at radius 3 is 3.00 bits per heavy atom. The summed E-state index contributed by atoms with van der Waals surface area (Å²) in [5.41, 5.74) is 0.373. The summed E-state index contributed by atoms with van der Waals surface area (Å²) in [4.78, 5) is 15.5. The molecule has 0 bridgehead atoms. The lowest BCUT2D eigenvalue weighted by Crippen LogP contribution is -2.25. The molecule has 0 fully saturated rings. The van der Waals surface area contributed by atoms with E-state index in [0.717, 1.165) is 18.6 Å². The van der Waals surface area contributed by atoms with Crippen LogP contribution in [0.15, 0.2) is 18.2 Å². The number of unbranched alkanes of at least 4 members (excludes halogenated alkanes) is 1. The van der Waals surface area contributed by atoms with Gasteiger partial charge in [0.05, 0.1) is 0 Å². The highest BCUT2D eigenvalue weighted by Crippen LogP contribution is 2.05. The molecule has 5 heteroatoms. The maximum absolute atomic E-state index is 11.6. The zero-order valence-corrected chi connectivity index (χ0v) is 10.8. The molecule has 16 heavy (non-hydrogen) atoms. The van der Waals surface area contributed by atoms with Crippen molar-refractivity contribution in [2.24, 2.45) is 0 Å². The third kappa shape index (κ3) is 4.86. The molecule has 0 spiro atoms. The molecule has 1 aromatic heterocycles. The Morgan fingerprint density at radius 1 is 1.50 bits per heavy atom. The molecule has 88 valence electrons. The number of aromatic nitrogens is 1. The van der Waals surface area contributed by atoms with E-state index in [1.165, 1.54) is 0 Å². The quantitative estimate of drug-likeness (QED) is 0.630. The Morgan fingerprint density at radius 2 is 2.31 bits per heavy atom. The minimum atomic E-state index is -0.161. The van der Waals surface area contributed by atoms with Crippen molar-refractivity contribution in [3.63, 3.8) is 0 Å². The molecule has 1 aromatic rings. The lowest BCUT2D eigenvalue weighted by atomic mass is 10.3.